The van der Waals surface area contributed by atoms with Crippen LogP contribution in [-0.2, 0) is 17.1 Å². The van der Waals surface area contributed by atoms with Crippen LogP contribution in [0.4, 0.5) is 4.39 Å². The van der Waals surface area contributed by atoms with E-state index in [1.54, 1.807) is 25.1 Å². The SMILES string of the molecule is CNS(=O)(=O)c1cc(-c2c(F)ccc3ccn(C)c23)ccc1C. The van der Waals surface area contributed by atoms with Gasteiger partial charge in [-0.25, -0.2) is 17.5 Å². The zero-order valence-corrected chi connectivity index (χ0v) is 13.9. The summed E-state index contributed by atoms with van der Waals surface area (Å²) in [4.78, 5) is 0.156. The number of hydrogen-bond donors (Lipinski definition) is 1. The van der Waals surface area contributed by atoms with Crippen LogP contribution in [0.1, 0.15) is 5.56 Å². The Balaban J connectivity index is 2.35. The molecule has 1 aromatic heterocycles. The second-order valence-corrected chi connectivity index (χ2v) is 7.33. The van der Waals surface area contributed by atoms with Crippen LogP contribution in [0.2, 0.25) is 0 Å². The monoisotopic (exact) mass is 332 g/mol. The topological polar surface area (TPSA) is 51.1 Å². The number of sulfonamides is 1. The lowest BCUT2D eigenvalue weighted by Gasteiger charge is -2.12. The smallest absolute Gasteiger partial charge is 0.240 e. The van der Waals surface area contributed by atoms with Gasteiger partial charge in [-0.05, 0) is 49.4 Å². The second-order valence-electron chi connectivity index (χ2n) is 5.47. The molecule has 0 aliphatic rings. The predicted octanol–water partition coefficient (Wildman–Crippen LogP) is 3.20. The number of halogens is 1. The highest BCUT2D eigenvalue weighted by Gasteiger charge is 2.18. The van der Waals surface area contributed by atoms with Crippen molar-refractivity contribution >= 4 is 20.9 Å². The minimum Gasteiger partial charge on any atom is -0.350 e. The third-order valence-corrected chi connectivity index (χ3v) is 5.58. The third kappa shape index (κ3) is 2.54. The Kier molecular flexibility index (Phi) is 3.74. The number of hydrogen-bond acceptors (Lipinski definition) is 2. The van der Waals surface area contributed by atoms with Crippen molar-refractivity contribution in [2.45, 2.75) is 11.8 Å². The van der Waals surface area contributed by atoms with Gasteiger partial charge < -0.3 is 4.57 Å². The molecule has 0 saturated carbocycles. The van der Waals surface area contributed by atoms with Crippen molar-refractivity contribution in [2.75, 3.05) is 7.05 Å². The number of nitrogens with zero attached hydrogens (tertiary/aromatic N) is 1. The molecule has 0 spiro atoms. The minimum atomic E-state index is -3.60. The van der Waals surface area contributed by atoms with Crippen molar-refractivity contribution in [3.63, 3.8) is 0 Å². The fourth-order valence-electron chi connectivity index (χ4n) is 2.79. The summed E-state index contributed by atoms with van der Waals surface area (Å²) in [6.45, 7) is 1.72. The average molecular weight is 332 g/mol. The van der Waals surface area contributed by atoms with Crippen LogP contribution >= 0.6 is 0 Å². The Morgan fingerprint density at radius 2 is 1.87 bits per heavy atom. The molecule has 6 heteroatoms. The number of nitrogens with one attached hydrogen (secondary N) is 1. The van der Waals surface area contributed by atoms with Gasteiger partial charge in [0.1, 0.15) is 5.82 Å². The Labute approximate surface area is 134 Å². The van der Waals surface area contributed by atoms with Gasteiger partial charge in [-0.15, -0.1) is 0 Å². The van der Waals surface area contributed by atoms with Crippen molar-refractivity contribution in [3.05, 3.63) is 54.0 Å². The molecule has 0 fully saturated rings. The molecule has 0 atom stereocenters. The van der Waals surface area contributed by atoms with E-state index < -0.39 is 10.0 Å². The van der Waals surface area contributed by atoms with Crippen LogP contribution in [0.5, 0.6) is 0 Å². The van der Waals surface area contributed by atoms with Crippen molar-refractivity contribution < 1.29 is 12.8 Å². The normalized spacial score (nSPS) is 12.0. The Hall–Kier alpha value is -2.18. The molecule has 0 radical (unpaired) electrons. The van der Waals surface area contributed by atoms with Gasteiger partial charge in [-0.1, -0.05) is 12.1 Å². The molecule has 3 aromatic rings. The summed E-state index contributed by atoms with van der Waals surface area (Å²) in [5.74, 6) is -0.379. The van der Waals surface area contributed by atoms with Crippen LogP contribution in [0.25, 0.3) is 22.0 Å². The summed E-state index contributed by atoms with van der Waals surface area (Å²) in [6.07, 6.45) is 1.85. The highest BCUT2D eigenvalue weighted by Crippen LogP contribution is 2.33. The Morgan fingerprint density at radius 3 is 2.57 bits per heavy atom. The number of aromatic nitrogens is 1. The summed E-state index contributed by atoms with van der Waals surface area (Å²) in [5, 5.41) is 0.905. The molecule has 0 unspecified atom stereocenters. The quantitative estimate of drug-likeness (QED) is 0.801. The van der Waals surface area contributed by atoms with Crippen molar-refractivity contribution in [2.24, 2.45) is 7.05 Å². The van der Waals surface area contributed by atoms with Gasteiger partial charge in [-0.2, -0.15) is 0 Å². The van der Waals surface area contributed by atoms with Crippen LogP contribution < -0.4 is 4.72 Å². The summed E-state index contributed by atoms with van der Waals surface area (Å²) in [7, 11) is -0.402. The second kappa shape index (κ2) is 5.47. The van der Waals surface area contributed by atoms with Crippen LogP contribution in [0.3, 0.4) is 0 Å². The Morgan fingerprint density at radius 1 is 1.13 bits per heavy atom. The number of rotatable bonds is 3. The van der Waals surface area contributed by atoms with E-state index in [9.17, 15) is 12.8 Å². The van der Waals surface area contributed by atoms with Gasteiger partial charge in [-0.3, -0.25) is 0 Å². The molecule has 2 aromatic carbocycles. The van der Waals surface area contributed by atoms with E-state index in [2.05, 4.69) is 4.72 Å². The van der Waals surface area contributed by atoms with E-state index in [0.29, 0.717) is 16.7 Å². The van der Waals surface area contributed by atoms with E-state index in [4.69, 9.17) is 0 Å². The summed E-state index contributed by atoms with van der Waals surface area (Å²) < 4.78 is 43.0. The lowest BCUT2D eigenvalue weighted by molar-refractivity contribution is 0.587. The first-order valence-corrected chi connectivity index (χ1v) is 8.61. The zero-order chi connectivity index (χ0) is 16.8. The zero-order valence-electron chi connectivity index (χ0n) is 13.1. The van der Waals surface area contributed by atoms with Gasteiger partial charge in [0.15, 0.2) is 0 Å². The maximum atomic E-state index is 14.5. The predicted molar refractivity (Wildman–Crippen MR) is 89.3 cm³/mol. The van der Waals surface area contributed by atoms with Gasteiger partial charge in [0.2, 0.25) is 10.0 Å². The summed E-state index contributed by atoms with van der Waals surface area (Å²) in [5.41, 5.74) is 2.29. The number of aryl methyl sites for hydroxylation is 2. The third-order valence-electron chi connectivity index (χ3n) is 4.02. The average Bonchev–Trinajstić information content (AvgIpc) is 2.89. The first-order valence-electron chi connectivity index (χ1n) is 7.13. The standard InChI is InChI=1S/C17H17FN2O2S/c1-11-4-5-13(10-15(11)23(21,22)19-2)16-14(18)7-6-12-8-9-20(3)17(12)16/h4-10,19H,1-3H3. The lowest BCUT2D eigenvalue weighted by atomic mass is 10.0. The van der Waals surface area contributed by atoms with Crippen molar-refractivity contribution in [1.29, 1.82) is 0 Å². The van der Waals surface area contributed by atoms with Crippen molar-refractivity contribution in [3.8, 4) is 11.1 Å². The fourth-order valence-corrected chi connectivity index (χ4v) is 3.79. The lowest BCUT2D eigenvalue weighted by Crippen LogP contribution is -2.19. The number of fused-ring (bicyclic) bond motifs is 1. The molecule has 120 valence electrons. The molecule has 1 heterocycles. The molecular weight excluding hydrogens is 315 g/mol. The minimum absolute atomic E-state index is 0.156. The molecule has 0 aliphatic heterocycles. The molecule has 0 bridgehead atoms. The highest BCUT2D eigenvalue weighted by molar-refractivity contribution is 7.89. The molecule has 1 N–H and O–H groups in total. The number of benzene rings is 2. The van der Waals surface area contributed by atoms with E-state index >= 15 is 0 Å². The molecule has 4 nitrogen and oxygen atoms in total. The maximum Gasteiger partial charge on any atom is 0.240 e. The maximum absolute atomic E-state index is 14.5. The van der Waals surface area contributed by atoms with Gasteiger partial charge in [0.05, 0.1) is 10.4 Å². The van der Waals surface area contributed by atoms with Crippen LogP contribution in [0.15, 0.2) is 47.5 Å². The molecule has 23 heavy (non-hydrogen) atoms. The van der Waals surface area contributed by atoms with Gasteiger partial charge in [0, 0.05) is 24.2 Å². The summed E-state index contributed by atoms with van der Waals surface area (Å²) >= 11 is 0. The highest BCUT2D eigenvalue weighted by atomic mass is 32.2. The Bertz CT molecular complexity index is 1010. The first-order chi connectivity index (χ1) is 10.8. The summed E-state index contributed by atoms with van der Waals surface area (Å²) in [6, 6.07) is 9.98. The first kappa shape index (κ1) is 15.7. The van der Waals surface area contributed by atoms with E-state index in [1.165, 1.54) is 19.2 Å². The van der Waals surface area contributed by atoms with Crippen LogP contribution in [-0.4, -0.2) is 20.0 Å². The molecule has 0 aliphatic carbocycles. The van der Waals surface area contributed by atoms with E-state index in [1.807, 2.05) is 23.9 Å². The van der Waals surface area contributed by atoms with Crippen LogP contribution in [0, 0.1) is 12.7 Å². The molecule has 0 saturated heterocycles. The van der Waals surface area contributed by atoms with Gasteiger partial charge in [0.25, 0.3) is 0 Å². The van der Waals surface area contributed by atoms with E-state index in [0.717, 1.165) is 10.9 Å². The largest absolute Gasteiger partial charge is 0.350 e. The molecule has 3 rings (SSSR count). The van der Waals surface area contributed by atoms with Crippen molar-refractivity contribution in [1.82, 2.24) is 9.29 Å². The fraction of sp³-hybridized carbons (Fsp3) is 0.176. The van der Waals surface area contributed by atoms with E-state index in [-0.39, 0.29) is 10.7 Å². The van der Waals surface area contributed by atoms with Gasteiger partial charge >= 0.3 is 0 Å². The molecular formula is C17H17FN2O2S. The molecule has 0 amide bonds.